The largest absolute Gasteiger partial charge is 0.340 e. The highest BCUT2D eigenvalue weighted by atomic mass is 35.5. The van der Waals surface area contributed by atoms with Crippen LogP contribution in [0.1, 0.15) is 11.1 Å². The van der Waals surface area contributed by atoms with Crippen molar-refractivity contribution >= 4 is 29.1 Å². The molecule has 0 unspecified atom stereocenters. The number of halogens is 3. The Labute approximate surface area is 163 Å². The molecule has 1 amide bonds. The molecule has 0 saturated carbocycles. The lowest BCUT2D eigenvalue weighted by Crippen LogP contribution is -2.49. The first kappa shape index (κ1) is 19.2. The van der Waals surface area contributed by atoms with E-state index in [-0.39, 0.29) is 18.1 Å². The zero-order valence-corrected chi connectivity index (χ0v) is 15.9. The van der Waals surface area contributed by atoms with Gasteiger partial charge in [0.2, 0.25) is 5.91 Å². The first-order valence-electron chi connectivity index (χ1n) is 8.70. The minimum atomic E-state index is -0.305. The summed E-state index contributed by atoms with van der Waals surface area (Å²) in [5.41, 5.74) is 1.80. The summed E-state index contributed by atoms with van der Waals surface area (Å²) in [6.07, 6.45) is 1.10. The van der Waals surface area contributed by atoms with Crippen LogP contribution in [0.15, 0.2) is 42.5 Å². The third-order valence-electron chi connectivity index (χ3n) is 4.68. The Morgan fingerprint density at radius 1 is 1.04 bits per heavy atom. The fourth-order valence-corrected chi connectivity index (χ4v) is 3.66. The van der Waals surface area contributed by atoms with Gasteiger partial charge >= 0.3 is 0 Å². The molecule has 26 heavy (non-hydrogen) atoms. The zero-order chi connectivity index (χ0) is 18.5. The fraction of sp³-hybridized carbons (Fsp3) is 0.350. The zero-order valence-electron chi connectivity index (χ0n) is 14.4. The highest BCUT2D eigenvalue weighted by molar-refractivity contribution is 6.35. The van der Waals surface area contributed by atoms with Crippen LogP contribution in [-0.4, -0.2) is 48.4 Å². The average molecular weight is 395 g/mol. The van der Waals surface area contributed by atoms with Crippen LogP contribution in [0.25, 0.3) is 0 Å². The second kappa shape index (κ2) is 8.85. The van der Waals surface area contributed by atoms with E-state index in [9.17, 15) is 9.18 Å². The van der Waals surface area contributed by atoms with E-state index >= 15 is 0 Å². The minimum Gasteiger partial charge on any atom is -0.340 e. The maximum atomic E-state index is 13.2. The predicted molar refractivity (Wildman–Crippen MR) is 103 cm³/mol. The van der Waals surface area contributed by atoms with Gasteiger partial charge in [-0.25, -0.2) is 4.39 Å². The lowest BCUT2D eigenvalue weighted by atomic mass is 10.1. The first-order chi connectivity index (χ1) is 12.5. The van der Waals surface area contributed by atoms with Crippen molar-refractivity contribution in [2.24, 2.45) is 0 Å². The van der Waals surface area contributed by atoms with Crippen LogP contribution in [0.3, 0.4) is 0 Å². The standard InChI is InChI=1S/C20H21Cl2FN2O/c21-17-5-4-16(19(22)14-17)6-7-24-8-10-25(11-9-24)20(26)13-15-2-1-3-18(23)12-15/h1-5,12,14H,6-11,13H2. The van der Waals surface area contributed by atoms with Crippen molar-refractivity contribution in [2.45, 2.75) is 12.8 Å². The van der Waals surface area contributed by atoms with E-state index in [1.807, 2.05) is 17.0 Å². The van der Waals surface area contributed by atoms with Gasteiger partial charge in [-0.05, 0) is 41.8 Å². The van der Waals surface area contributed by atoms with Gasteiger partial charge in [-0.3, -0.25) is 9.69 Å². The Bertz CT molecular complexity index is 776. The molecule has 0 radical (unpaired) electrons. The molecule has 6 heteroatoms. The molecule has 138 valence electrons. The van der Waals surface area contributed by atoms with Crippen molar-refractivity contribution in [3.05, 3.63) is 69.5 Å². The van der Waals surface area contributed by atoms with Crippen LogP contribution in [-0.2, 0) is 17.6 Å². The van der Waals surface area contributed by atoms with Crippen molar-refractivity contribution in [1.82, 2.24) is 9.80 Å². The molecule has 0 atom stereocenters. The highest BCUT2D eigenvalue weighted by Crippen LogP contribution is 2.21. The smallest absolute Gasteiger partial charge is 0.227 e. The van der Waals surface area contributed by atoms with Crippen molar-refractivity contribution in [3.63, 3.8) is 0 Å². The summed E-state index contributed by atoms with van der Waals surface area (Å²) in [6.45, 7) is 3.96. The van der Waals surface area contributed by atoms with Crippen LogP contribution < -0.4 is 0 Å². The molecule has 0 N–H and O–H groups in total. The lowest BCUT2D eigenvalue weighted by molar-refractivity contribution is -0.132. The third kappa shape index (κ3) is 5.19. The number of hydrogen-bond acceptors (Lipinski definition) is 2. The highest BCUT2D eigenvalue weighted by Gasteiger charge is 2.21. The molecule has 0 aliphatic carbocycles. The number of benzene rings is 2. The molecule has 2 aromatic carbocycles. The van der Waals surface area contributed by atoms with E-state index in [0.29, 0.717) is 23.1 Å². The van der Waals surface area contributed by atoms with Crippen LogP contribution in [0, 0.1) is 5.82 Å². The van der Waals surface area contributed by atoms with E-state index in [0.717, 1.165) is 37.2 Å². The van der Waals surface area contributed by atoms with Gasteiger partial charge < -0.3 is 4.90 Å². The minimum absolute atomic E-state index is 0.0518. The summed E-state index contributed by atoms with van der Waals surface area (Å²) >= 11 is 12.1. The Kier molecular flexibility index (Phi) is 6.52. The van der Waals surface area contributed by atoms with Crippen LogP contribution >= 0.6 is 23.2 Å². The van der Waals surface area contributed by atoms with Crippen molar-refractivity contribution in [2.75, 3.05) is 32.7 Å². The van der Waals surface area contributed by atoms with E-state index in [4.69, 9.17) is 23.2 Å². The molecular formula is C20H21Cl2FN2O. The molecule has 3 rings (SSSR count). The monoisotopic (exact) mass is 394 g/mol. The van der Waals surface area contributed by atoms with Gasteiger partial charge in [0.25, 0.3) is 0 Å². The Morgan fingerprint density at radius 3 is 2.50 bits per heavy atom. The van der Waals surface area contributed by atoms with Crippen LogP contribution in [0.5, 0.6) is 0 Å². The van der Waals surface area contributed by atoms with Gasteiger partial charge in [-0.1, -0.05) is 41.4 Å². The third-order valence-corrected chi connectivity index (χ3v) is 5.27. The fourth-order valence-electron chi connectivity index (χ4n) is 3.16. The maximum absolute atomic E-state index is 13.2. The summed E-state index contributed by atoms with van der Waals surface area (Å²) in [6, 6.07) is 11.8. The number of carbonyl (C=O) groups excluding carboxylic acids is 1. The number of hydrogen-bond donors (Lipinski definition) is 0. The topological polar surface area (TPSA) is 23.6 Å². The summed E-state index contributed by atoms with van der Waals surface area (Å²) in [5.74, 6) is -0.253. The molecule has 2 aromatic rings. The van der Waals surface area contributed by atoms with Crippen LogP contribution in [0.4, 0.5) is 4.39 Å². The Hall–Kier alpha value is -1.62. The predicted octanol–water partition coefficient (Wildman–Crippen LogP) is 4.06. The Morgan fingerprint density at radius 2 is 1.81 bits per heavy atom. The molecule has 1 saturated heterocycles. The number of amides is 1. The van der Waals surface area contributed by atoms with Crippen LogP contribution in [0.2, 0.25) is 10.0 Å². The molecule has 1 heterocycles. The van der Waals surface area contributed by atoms with Gasteiger partial charge in [-0.2, -0.15) is 0 Å². The molecule has 1 aliphatic heterocycles. The maximum Gasteiger partial charge on any atom is 0.227 e. The molecule has 1 aliphatic rings. The normalized spacial score (nSPS) is 15.3. The second-order valence-corrected chi connectivity index (χ2v) is 7.36. The van der Waals surface area contributed by atoms with Gasteiger partial charge in [0.15, 0.2) is 0 Å². The van der Waals surface area contributed by atoms with Gasteiger partial charge in [0.05, 0.1) is 6.42 Å². The van der Waals surface area contributed by atoms with E-state index in [1.165, 1.54) is 12.1 Å². The lowest BCUT2D eigenvalue weighted by Gasteiger charge is -2.35. The SMILES string of the molecule is O=C(Cc1cccc(F)c1)N1CCN(CCc2ccc(Cl)cc2Cl)CC1. The molecular weight excluding hydrogens is 374 g/mol. The van der Waals surface area contributed by atoms with E-state index in [2.05, 4.69) is 4.90 Å². The molecule has 1 fully saturated rings. The summed E-state index contributed by atoms with van der Waals surface area (Å²) in [5, 5.41) is 1.34. The van der Waals surface area contributed by atoms with E-state index in [1.54, 1.807) is 18.2 Å². The van der Waals surface area contributed by atoms with Gasteiger partial charge in [0.1, 0.15) is 5.82 Å². The number of piperazine rings is 1. The van der Waals surface area contributed by atoms with Gasteiger partial charge in [-0.15, -0.1) is 0 Å². The Balaban J connectivity index is 1.45. The summed E-state index contributed by atoms with van der Waals surface area (Å²) < 4.78 is 13.2. The number of rotatable bonds is 5. The quantitative estimate of drug-likeness (QED) is 0.763. The van der Waals surface area contributed by atoms with Crippen molar-refractivity contribution in [1.29, 1.82) is 0 Å². The summed E-state index contributed by atoms with van der Waals surface area (Å²) in [4.78, 5) is 16.6. The van der Waals surface area contributed by atoms with E-state index < -0.39 is 0 Å². The van der Waals surface area contributed by atoms with Crippen molar-refractivity contribution < 1.29 is 9.18 Å². The molecule has 0 spiro atoms. The number of nitrogens with zero attached hydrogens (tertiary/aromatic N) is 2. The van der Waals surface area contributed by atoms with Crippen molar-refractivity contribution in [3.8, 4) is 0 Å². The second-order valence-electron chi connectivity index (χ2n) is 6.51. The molecule has 3 nitrogen and oxygen atoms in total. The van der Waals surface area contributed by atoms with Gasteiger partial charge in [0, 0.05) is 42.8 Å². The molecule has 0 aromatic heterocycles. The first-order valence-corrected chi connectivity index (χ1v) is 9.45. The average Bonchev–Trinajstić information content (AvgIpc) is 2.61. The number of carbonyl (C=O) groups is 1. The summed E-state index contributed by atoms with van der Waals surface area (Å²) in [7, 11) is 0. The molecule has 0 bridgehead atoms.